The summed E-state index contributed by atoms with van der Waals surface area (Å²) in [6.07, 6.45) is 2.12. The molecule has 0 saturated heterocycles. The summed E-state index contributed by atoms with van der Waals surface area (Å²) in [5, 5.41) is 3.54. The van der Waals surface area contributed by atoms with E-state index in [1.54, 1.807) is 24.4 Å². The lowest BCUT2D eigenvalue weighted by Crippen LogP contribution is -2.30. The highest BCUT2D eigenvalue weighted by molar-refractivity contribution is 6.31. The maximum atomic E-state index is 13.3. The number of nitrogens with one attached hydrogen (secondary N) is 1. The van der Waals surface area contributed by atoms with Crippen LogP contribution in [-0.4, -0.2) is 10.9 Å². The molecule has 1 amide bonds. The number of benzene rings is 2. The van der Waals surface area contributed by atoms with Crippen molar-refractivity contribution >= 4 is 17.5 Å². The average molecular weight is 369 g/mol. The standard InChI is InChI=1S/C21H18ClFN2O/c22-20-7-2-1-5-16(20)14-25-21(26)19(13-18-6-3-4-12-24-18)15-8-10-17(23)11-9-15/h1-12,19H,13-14H2,(H,25,26). The van der Waals surface area contributed by atoms with Gasteiger partial charge in [0.25, 0.3) is 0 Å². The molecule has 0 aliphatic heterocycles. The van der Waals surface area contributed by atoms with E-state index in [2.05, 4.69) is 10.3 Å². The Kier molecular flexibility index (Phi) is 5.97. The zero-order valence-corrected chi connectivity index (χ0v) is 14.8. The molecule has 2 aromatic carbocycles. The maximum Gasteiger partial charge on any atom is 0.228 e. The normalized spacial score (nSPS) is 11.8. The van der Waals surface area contributed by atoms with E-state index in [0.717, 1.165) is 16.8 Å². The molecule has 1 N–H and O–H groups in total. The lowest BCUT2D eigenvalue weighted by molar-refractivity contribution is -0.122. The Morgan fingerprint density at radius 1 is 1.04 bits per heavy atom. The molecule has 0 aliphatic rings. The van der Waals surface area contributed by atoms with Crippen LogP contribution in [0.2, 0.25) is 5.02 Å². The van der Waals surface area contributed by atoms with Gasteiger partial charge in [0.2, 0.25) is 5.91 Å². The molecule has 0 aliphatic carbocycles. The van der Waals surface area contributed by atoms with Crippen molar-refractivity contribution in [3.8, 4) is 0 Å². The van der Waals surface area contributed by atoms with E-state index < -0.39 is 5.92 Å². The van der Waals surface area contributed by atoms with Gasteiger partial charge in [0.1, 0.15) is 5.82 Å². The zero-order chi connectivity index (χ0) is 18.4. The van der Waals surface area contributed by atoms with Crippen LogP contribution in [-0.2, 0) is 17.8 Å². The SMILES string of the molecule is O=C(NCc1ccccc1Cl)C(Cc1ccccn1)c1ccc(F)cc1. The number of carbonyl (C=O) groups is 1. The number of rotatable bonds is 6. The summed E-state index contributed by atoms with van der Waals surface area (Å²) in [5.41, 5.74) is 2.39. The highest BCUT2D eigenvalue weighted by atomic mass is 35.5. The molecular weight excluding hydrogens is 351 g/mol. The molecular formula is C21H18ClFN2O. The molecule has 1 aromatic heterocycles. The number of hydrogen-bond acceptors (Lipinski definition) is 2. The fourth-order valence-corrected chi connectivity index (χ4v) is 2.93. The molecule has 0 spiro atoms. The Hall–Kier alpha value is -2.72. The van der Waals surface area contributed by atoms with Gasteiger partial charge >= 0.3 is 0 Å². The largest absolute Gasteiger partial charge is 0.351 e. The van der Waals surface area contributed by atoms with E-state index >= 15 is 0 Å². The van der Waals surface area contributed by atoms with Gasteiger partial charge in [-0.15, -0.1) is 0 Å². The first kappa shape index (κ1) is 18.1. The van der Waals surface area contributed by atoms with Gasteiger partial charge < -0.3 is 5.32 Å². The minimum atomic E-state index is -0.465. The van der Waals surface area contributed by atoms with Gasteiger partial charge in [0.15, 0.2) is 0 Å². The van der Waals surface area contributed by atoms with Crippen molar-refractivity contribution in [3.63, 3.8) is 0 Å². The Labute approximate surface area is 156 Å². The number of carbonyl (C=O) groups excluding carboxylic acids is 1. The van der Waals surface area contributed by atoms with Crippen molar-refractivity contribution in [1.29, 1.82) is 0 Å². The molecule has 0 bridgehead atoms. The summed E-state index contributed by atoms with van der Waals surface area (Å²) in [7, 11) is 0. The van der Waals surface area contributed by atoms with Crippen LogP contribution >= 0.6 is 11.6 Å². The Morgan fingerprint density at radius 2 is 1.77 bits per heavy atom. The molecule has 0 fully saturated rings. The Bertz CT molecular complexity index is 869. The second-order valence-corrected chi connectivity index (χ2v) is 6.35. The highest BCUT2D eigenvalue weighted by Gasteiger charge is 2.22. The fraction of sp³-hybridized carbons (Fsp3) is 0.143. The molecule has 26 heavy (non-hydrogen) atoms. The third-order valence-corrected chi connectivity index (χ3v) is 4.51. The lowest BCUT2D eigenvalue weighted by Gasteiger charge is -2.17. The van der Waals surface area contributed by atoms with Crippen LogP contribution < -0.4 is 5.32 Å². The van der Waals surface area contributed by atoms with E-state index in [1.165, 1.54) is 12.1 Å². The van der Waals surface area contributed by atoms with E-state index in [4.69, 9.17) is 11.6 Å². The van der Waals surface area contributed by atoms with Crippen LogP contribution in [0.3, 0.4) is 0 Å². The summed E-state index contributed by atoms with van der Waals surface area (Å²) in [4.78, 5) is 17.1. The third kappa shape index (κ3) is 4.67. The van der Waals surface area contributed by atoms with Crippen molar-refractivity contribution in [2.45, 2.75) is 18.9 Å². The quantitative estimate of drug-likeness (QED) is 0.695. The van der Waals surface area contributed by atoms with Crippen molar-refractivity contribution in [3.05, 3.63) is 101 Å². The molecule has 5 heteroatoms. The minimum Gasteiger partial charge on any atom is -0.351 e. The van der Waals surface area contributed by atoms with Crippen molar-refractivity contribution in [1.82, 2.24) is 10.3 Å². The van der Waals surface area contributed by atoms with Gasteiger partial charge in [0.05, 0.1) is 5.92 Å². The van der Waals surface area contributed by atoms with Gasteiger partial charge in [-0.1, -0.05) is 48.0 Å². The van der Waals surface area contributed by atoms with Gasteiger partial charge in [-0.05, 0) is 41.5 Å². The van der Waals surface area contributed by atoms with Crippen LogP contribution in [0.15, 0.2) is 72.9 Å². The van der Waals surface area contributed by atoms with Gasteiger partial charge in [-0.25, -0.2) is 4.39 Å². The summed E-state index contributed by atoms with van der Waals surface area (Å²) in [6.45, 7) is 0.332. The smallest absolute Gasteiger partial charge is 0.228 e. The van der Waals surface area contributed by atoms with E-state index in [-0.39, 0.29) is 11.7 Å². The predicted molar refractivity (Wildman–Crippen MR) is 100 cm³/mol. The third-order valence-electron chi connectivity index (χ3n) is 4.14. The first-order chi connectivity index (χ1) is 12.6. The summed E-state index contributed by atoms with van der Waals surface area (Å²) < 4.78 is 13.3. The maximum absolute atomic E-state index is 13.3. The number of halogens is 2. The first-order valence-electron chi connectivity index (χ1n) is 8.30. The van der Waals surface area contributed by atoms with Crippen LogP contribution in [0.4, 0.5) is 4.39 Å². The number of amides is 1. The van der Waals surface area contributed by atoms with Gasteiger partial charge in [-0.2, -0.15) is 0 Å². The first-order valence-corrected chi connectivity index (χ1v) is 8.68. The molecule has 3 rings (SSSR count). The molecule has 3 aromatic rings. The molecule has 132 valence electrons. The predicted octanol–water partition coefficient (Wildman–Crippen LogP) is 4.52. The monoisotopic (exact) mass is 368 g/mol. The molecule has 1 atom stereocenters. The van der Waals surface area contributed by atoms with Crippen LogP contribution in [0.5, 0.6) is 0 Å². The van der Waals surface area contributed by atoms with Crippen LogP contribution in [0.1, 0.15) is 22.7 Å². The van der Waals surface area contributed by atoms with Crippen LogP contribution in [0, 0.1) is 5.82 Å². The molecule has 0 saturated carbocycles. The van der Waals surface area contributed by atoms with E-state index in [1.807, 2.05) is 36.4 Å². The Morgan fingerprint density at radius 3 is 2.46 bits per heavy atom. The van der Waals surface area contributed by atoms with Gasteiger partial charge in [0, 0.05) is 29.9 Å². The fourth-order valence-electron chi connectivity index (χ4n) is 2.73. The molecule has 1 heterocycles. The number of pyridine rings is 1. The topological polar surface area (TPSA) is 42.0 Å². The van der Waals surface area contributed by atoms with Crippen molar-refractivity contribution < 1.29 is 9.18 Å². The number of hydrogen-bond donors (Lipinski definition) is 1. The van der Waals surface area contributed by atoms with Crippen molar-refractivity contribution in [2.24, 2.45) is 0 Å². The number of nitrogens with zero attached hydrogens (tertiary/aromatic N) is 1. The Balaban J connectivity index is 1.78. The van der Waals surface area contributed by atoms with Crippen molar-refractivity contribution in [2.75, 3.05) is 0 Å². The zero-order valence-electron chi connectivity index (χ0n) is 14.0. The molecule has 3 nitrogen and oxygen atoms in total. The van der Waals surface area contributed by atoms with E-state index in [0.29, 0.717) is 18.0 Å². The van der Waals surface area contributed by atoms with Gasteiger partial charge in [-0.3, -0.25) is 9.78 Å². The summed E-state index contributed by atoms with van der Waals surface area (Å²) >= 11 is 6.15. The van der Waals surface area contributed by atoms with E-state index in [9.17, 15) is 9.18 Å². The lowest BCUT2D eigenvalue weighted by atomic mass is 9.93. The highest BCUT2D eigenvalue weighted by Crippen LogP contribution is 2.22. The second kappa shape index (κ2) is 8.59. The average Bonchev–Trinajstić information content (AvgIpc) is 2.67. The molecule has 1 unspecified atom stereocenters. The van der Waals surface area contributed by atoms with Crippen LogP contribution in [0.25, 0.3) is 0 Å². The minimum absolute atomic E-state index is 0.151. The summed E-state index contributed by atoms with van der Waals surface area (Å²) in [5.74, 6) is -0.947. The summed E-state index contributed by atoms with van der Waals surface area (Å²) in [6, 6.07) is 19.0. The molecule has 0 radical (unpaired) electrons. The second-order valence-electron chi connectivity index (χ2n) is 5.94. The number of aromatic nitrogens is 1.